The molecule has 0 saturated carbocycles. The Bertz CT molecular complexity index is 378. The largest absolute Gasteiger partial charge is 0.368 e. The van der Waals surface area contributed by atoms with E-state index < -0.39 is 0 Å². The highest BCUT2D eigenvalue weighted by molar-refractivity contribution is 5.31. The van der Waals surface area contributed by atoms with Crippen molar-refractivity contribution in [1.82, 2.24) is 0 Å². The summed E-state index contributed by atoms with van der Waals surface area (Å²) < 4.78 is 5.76. The predicted octanol–water partition coefficient (Wildman–Crippen LogP) is 3.51. The fourth-order valence-corrected chi connectivity index (χ4v) is 1.99. The van der Waals surface area contributed by atoms with Crippen molar-refractivity contribution >= 4 is 0 Å². The Morgan fingerprint density at radius 2 is 2.00 bits per heavy atom. The van der Waals surface area contributed by atoms with Crippen LogP contribution in [0.1, 0.15) is 18.6 Å². The minimum Gasteiger partial charge on any atom is -0.368 e. The van der Waals surface area contributed by atoms with Gasteiger partial charge in [0, 0.05) is 5.92 Å². The molecule has 78 valence electrons. The van der Waals surface area contributed by atoms with E-state index in [0.29, 0.717) is 12.5 Å². The molecule has 1 nitrogen and oxygen atoms in total. The van der Waals surface area contributed by atoms with E-state index >= 15 is 0 Å². The van der Waals surface area contributed by atoms with Gasteiger partial charge in [-0.25, -0.2) is 0 Å². The van der Waals surface area contributed by atoms with Crippen molar-refractivity contribution in [3.63, 3.8) is 0 Å². The van der Waals surface area contributed by atoms with Gasteiger partial charge >= 0.3 is 0 Å². The summed E-state index contributed by atoms with van der Waals surface area (Å²) in [4.78, 5) is 0. The summed E-state index contributed by atoms with van der Waals surface area (Å²) >= 11 is 0. The van der Waals surface area contributed by atoms with Crippen molar-refractivity contribution in [3.05, 3.63) is 60.2 Å². The number of hydrogen-bond donors (Lipinski definition) is 0. The van der Waals surface area contributed by atoms with Gasteiger partial charge in [-0.1, -0.05) is 49.1 Å². The number of ether oxygens (including phenoxy) is 1. The fraction of sp³-hybridized carbons (Fsp3) is 0.286. The Morgan fingerprint density at radius 1 is 1.33 bits per heavy atom. The van der Waals surface area contributed by atoms with Crippen LogP contribution < -0.4 is 0 Å². The van der Waals surface area contributed by atoms with Gasteiger partial charge in [-0.15, -0.1) is 0 Å². The lowest BCUT2D eigenvalue weighted by atomic mass is 9.91. The van der Waals surface area contributed by atoms with Gasteiger partial charge in [0.25, 0.3) is 0 Å². The lowest BCUT2D eigenvalue weighted by Crippen LogP contribution is -2.02. The Hall–Kier alpha value is -1.34. The zero-order chi connectivity index (χ0) is 10.8. The van der Waals surface area contributed by atoms with Gasteiger partial charge in [-0.05, 0) is 18.1 Å². The molecule has 2 rings (SSSR count). The SMILES string of the molecule is C=C(C)[C@@H]1CO[C@@H](c2ccccc2)C1=C. The van der Waals surface area contributed by atoms with E-state index in [1.54, 1.807) is 0 Å². The van der Waals surface area contributed by atoms with Crippen molar-refractivity contribution in [3.8, 4) is 0 Å². The summed E-state index contributed by atoms with van der Waals surface area (Å²) in [6, 6.07) is 10.2. The highest BCUT2D eigenvalue weighted by Crippen LogP contribution is 2.39. The molecule has 0 aliphatic carbocycles. The second-order valence-electron chi connectivity index (χ2n) is 4.10. The molecule has 1 aliphatic heterocycles. The molecule has 1 aromatic rings. The standard InChI is InChI=1S/C14H16O/c1-10(2)13-9-15-14(11(13)3)12-7-5-4-6-8-12/h4-8,13-14H,1,3,9H2,2H3/t13-,14+/m0/s1. The van der Waals surface area contributed by atoms with Crippen LogP contribution in [-0.2, 0) is 4.74 Å². The van der Waals surface area contributed by atoms with Crippen LogP contribution >= 0.6 is 0 Å². The molecule has 1 saturated heterocycles. The van der Waals surface area contributed by atoms with Crippen LogP contribution in [0.4, 0.5) is 0 Å². The van der Waals surface area contributed by atoms with Gasteiger partial charge in [0.05, 0.1) is 6.61 Å². The van der Waals surface area contributed by atoms with Gasteiger partial charge < -0.3 is 4.74 Å². The first kappa shape index (κ1) is 10.2. The van der Waals surface area contributed by atoms with Gasteiger partial charge in [-0.2, -0.15) is 0 Å². The quantitative estimate of drug-likeness (QED) is 0.664. The van der Waals surface area contributed by atoms with E-state index in [1.807, 2.05) is 25.1 Å². The van der Waals surface area contributed by atoms with Crippen LogP contribution in [0.3, 0.4) is 0 Å². The van der Waals surface area contributed by atoms with Crippen LogP contribution in [0.2, 0.25) is 0 Å². The molecule has 1 heterocycles. The van der Waals surface area contributed by atoms with E-state index in [0.717, 1.165) is 11.1 Å². The summed E-state index contributed by atoms with van der Waals surface area (Å²) in [6.45, 7) is 10.9. The molecule has 0 aromatic heterocycles. The maximum absolute atomic E-state index is 5.76. The molecule has 1 aliphatic rings. The van der Waals surface area contributed by atoms with Crippen LogP contribution in [-0.4, -0.2) is 6.61 Å². The molecule has 1 heteroatoms. The van der Waals surface area contributed by atoms with E-state index in [4.69, 9.17) is 4.74 Å². The van der Waals surface area contributed by atoms with Crippen molar-refractivity contribution < 1.29 is 4.74 Å². The topological polar surface area (TPSA) is 9.23 Å². The number of rotatable bonds is 2. The minimum atomic E-state index is 0.0490. The van der Waals surface area contributed by atoms with Gasteiger partial charge in [0.1, 0.15) is 6.10 Å². The average Bonchev–Trinajstić information content (AvgIpc) is 2.61. The first-order valence-electron chi connectivity index (χ1n) is 5.21. The van der Waals surface area contributed by atoms with E-state index in [1.165, 1.54) is 5.56 Å². The molecule has 0 spiro atoms. The second-order valence-corrected chi connectivity index (χ2v) is 4.10. The highest BCUT2D eigenvalue weighted by Gasteiger charge is 2.30. The fourth-order valence-electron chi connectivity index (χ4n) is 1.99. The molecule has 0 unspecified atom stereocenters. The Morgan fingerprint density at radius 3 is 2.53 bits per heavy atom. The molecule has 0 amide bonds. The minimum absolute atomic E-state index is 0.0490. The maximum atomic E-state index is 5.76. The highest BCUT2D eigenvalue weighted by atomic mass is 16.5. The van der Waals surface area contributed by atoms with Crippen LogP contribution in [0, 0.1) is 5.92 Å². The molecule has 15 heavy (non-hydrogen) atoms. The van der Waals surface area contributed by atoms with E-state index in [2.05, 4.69) is 25.3 Å². The van der Waals surface area contributed by atoms with Crippen LogP contribution in [0.25, 0.3) is 0 Å². The van der Waals surface area contributed by atoms with Crippen molar-refractivity contribution in [2.75, 3.05) is 6.61 Å². The molecule has 0 bridgehead atoms. The molecule has 1 aromatic carbocycles. The van der Waals surface area contributed by atoms with E-state index in [9.17, 15) is 0 Å². The first-order valence-corrected chi connectivity index (χ1v) is 5.21. The molecule has 0 N–H and O–H groups in total. The van der Waals surface area contributed by atoms with Crippen LogP contribution in [0.5, 0.6) is 0 Å². The molecular formula is C14H16O. The summed E-state index contributed by atoms with van der Waals surface area (Å²) in [7, 11) is 0. The first-order chi connectivity index (χ1) is 7.20. The molecule has 1 fully saturated rings. The number of benzene rings is 1. The third-order valence-electron chi connectivity index (χ3n) is 2.91. The summed E-state index contributed by atoms with van der Waals surface area (Å²) in [6.07, 6.45) is 0.0490. The summed E-state index contributed by atoms with van der Waals surface area (Å²) in [5, 5.41) is 0. The average molecular weight is 200 g/mol. The Balaban J connectivity index is 2.21. The lowest BCUT2D eigenvalue weighted by molar-refractivity contribution is 0.119. The third kappa shape index (κ3) is 1.88. The third-order valence-corrected chi connectivity index (χ3v) is 2.91. The zero-order valence-electron chi connectivity index (χ0n) is 9.07. The lowest BCUT2D eigenvalue weighted by Gasteiger charge is -2.13. The molecule has 2 atom stereocenters. The maximum Gasteiger partial charge on any atom is 0.104 e. The molecule has 0 radical (unpaired) electrons. The number of hydrogen-bond acceptors (Lipinski definition) is 1. The Kier molecular flexibility index (Phi) is 2.74. The van der Waals surface area contributed by atoms with Crippen molar-refractivity contribution in [2.45, 2.75) is 13.0 Å². The molecular weight excluding hydrogens is 184 g/mol. The van der Waals surface area contributed by atoms with Gasteiger partial charge in [0.2, 0.25) is 0 Å². The van der Waals surface area contributed by atoms with Gasteiger partial charge in [0.15, 0.2) is 0 Å². The van der Waals surface area contributed by atoms with Crippen molar-refractivity contribution in [1.29, 1.82) is 0 Å². The summed E-state index contributed by atoms with van der Waals surface area (Å²) in [5.74, 6) is 0.315. The van der Waals surface area contributed by atoms with Crippen LogP contribution in [0.15, 0.2) is 54.6 Å². The Labute approximate surface area is 91.1 Å². The van der Waals surface area contributed by atoms with E-state index in [-0.39, 0.29) is 6.10 Å². The summed E-state index contributed by atoms with van der Waals surface area (Å²) in [5.41, 5.74) is 3.46. The smallest absolute Gasteiger partial charge is 0.104 e. The zero-order valence-corrected chi connectivity index (χ0v) is 9.07. The van der Waals surface area contributed by atoms with Gasteiger partial charge in [-0.3, -0.25) is 0 Å². The van der Waals surface area contributed by atoms with Crippen molar-refractivity contribution in [2.24, 2.45) is 5.92 Å². The predicted molar refractivity (Wildman–Crippen MR) is 62.6 cm³/mol. The normalized spacial score (nSPS) is 25.5. The second kappa shape index (κ2) is 4.03. The monoisotopic (exact) mass is 200 g/mol.